The minimum absolute atomic E-state index is 0.0376. The van der Waals surface area contributed by atoms with E-state index >= 15 is 0 Å². The molecule has 0 unspecified atom stereocenters. The number of aromatic hydroxyl groups is 1. The van der Waals surface area contributed by atoms with Crippen molar-refractivity contribution >= 4 is 5.69 Å². The van der Waals surface area contributed by atoms with Crippen LogP contribution in [-0.2, 0) is 12.7 Å². The van der Waals surface area contributed by atoms with E-state index in [1.165, 1.54) is 25.1 Å². The first-order chi connectivity index (χ1) is 9.79. The molecule has 0 aliphatic rings. The predicted molar refractivity (Wildman–Crippen MR) is 70.0 cm³/mol. The highest BCUT2D eigenvalue weighted by Gasteiger charge is 2.32. The van der Waals surface area contributed by atoms with Crippen LogP contribution in [0.1, 0.15) is 17.0 Å². The number of nitrogens with one attached hydrogen (secondary N) is 2. The van der Waals surface area contributed by atoms with Gasteiger partial charge in [0.25, 0.3) is 5.56 Å². The van der Waals surface area contributed by atoms with Gasteiger partial charge >= 0.3 is 6.18 Å². The van der Waals surface area contributed by atoms with Crippen molar-refractivity contribution in [2.75, 3.05) is 5.32 Å². The number of aromatic amines is 1. The van der Waals surface area contributed by atoms with Crippen molar-refractivity contribution in [3.63, 3.8) is 0 Å². The average molecular weight is 299 g/mol. The summed E-state index contributed by atoms with van der Waals surface area (Å²) < 4.78 is 38.5. The number of halogens is 3. The second-order valence-electron chi connectivity index (χ2n) is 4.36. The third-order valence-corrected chi connectivity index (χ3v) is 2.80. The first kappa shape index (κ1) is 14.9. The van der Waals surface area contributed by atoms with Crippen LogP contribution in [0.25, 0.3) is 0 Å². The molecule has 5 nitrogen and oxygen atoms in total. The summed E-state index contributed by atoms with van der Waals surface area (Å²) in [4.78, 5) is 17.6. The fraction of sp³-hybridized carbons (Fsp3) is 0.231. The lowest BCUT2D eigenvalue weighted by Gasteiger charge is -2.13. The molecule has 21 heavy (non-hydrogen) atoms. The summed E-state index contributed by atoms with van der Waals surface area (Å²) in [6.07, 6.45) is -4.49. The standard InChI is InChI=1S/C13H12F3N3O2/c1-7-18-11(20)10(12(21)19-7)17-6-8-4-2-3-5-9(8)13(14,15)16/h2-5,17H,6H2,1H3,(H2,18,19,20,21). The molecule has 0 atom stereocenters. The number of hydrogen-bond acceptors (Lipinski definition) is 4. The van der Waals surface area contributed by atoms with Gasteiger partial charge in [0.15, 0.2) is 5.69 Å². The van der Waals surface area contributed by atoms with Crippen molar-refractivity contribution in [3.8, 4) is 5.88 Å². The fourth-order valence-electron chi connectivity index (χ4n) is 1.87. The van der Waals surface area contributed by atoms with Gasteiger partial charge in [-0.1, -0.05) is 18.2 Å². The second-order valence-corrected chi connectivity index (χ2v) is 4.36. The topological polar surface area (TPSA) is 78.0 Å². The molecular formula is C13H12F3N3O2. The van der Waals surface area contributed by atoms with E-state index in [4.69, 9.17) is 0 Å². The van der Waals surface area contributed by atoms with E-state index in [0.29, 0.717) is 0 Å². The third-order valence-electron chi connectivity index (χ3n) is 2.80. The van der Waals surface area contributed by atoms with Gasteiger partial charge in [-0.25, -0.2) is 0 Å². The van der Waals surface area contributed by atoms with Crippen LogP contribution >= 0.6 is 0 Å². The zero-order valence-electron chi connectivity index (χ0n) is 11.0. The van der Waals surface area contributed by atoms with Crippen LogP contribution in [-0.4, -0.2) is 15.1 Å². The summed E-state index contributed by atoms with van der Waals surface area (Å²) in [5.74, 6) is -0.348. The van der Waals surface area contributed by atoms with E-state index < -0.39 is 23.2 Å². The summed E-state index contributed by atoms with van der Waals surface area (Å²) >= 11 is 0. The number of nitrogens with zero attached hydrogens (tertiary/aromatic N) is 1. The molecule has 1 heterocycles. The van der Waals surface area contributed by atoms with Crippen LogP contribution in [0.5, 0.6) is 5.88 Å². The minimum Gasteiger partial charge on any atom is -0.492 e. The molecule has 0 spiro atoms. The summed E-state index contributed by atoms with van der Waals surface area (Å²) in [7, 11) is 0. The Hall–Kier alpha value is -2.51. The van der Waals surface area contributed by atoms with Crippen molar-refractivity contribution in [1.82, 2.24) is 9.97 Å². The number of hydrogen-bond donors (Lipinski definition) is 3. The summed E-state index contributed by atoms with van der Waals surface area (Å²) in [5, 5.41) is 12.0. The van der Waals surface area contributed by atoms with Crippen molar-refractivity contribution in [1.29, 1.82) is 0 Å². The van der Waals surface area contributed by atoms with Gasteiger partial charge in [-0.2, -0.15) is 18.2 Å². The van der Waals surface area contributed by atoms with E-state index in [1.54, 1.807) is 0 Å². The monoisotopic (exact) mass is 299 g/mol. The highest BCUT2D eigenvalue weighted by atomic mass is 19.4. The van der Waals surface area contributed by atoms with Gasteiger partial charge in [0, 0.05) is 6.54 Å². The van der Waals surface area contributed by atoms with E-state index in [-0.39, 0.29) is 23.6 Å². The maximum Gasteiger partial charge on any atom is 0.416 e. The molecular weight excluding hydrogens is 287 g/mol. The van der Waals surface area contributed by atoms with Gasteiger partial charge in [0.05, 0.1) is 5.56 Å². The number of alkyl halides is 3. The van der Waals surface area contributed by atoms with Gasteiger partial charge in [0.2, 0.25) is 5.88 Å². The molecule has 2 aromatic rings. The van der Waals surface area contributed by atoms with Gasteiger partial charge in [0.1, 0.15) is 5.82 Å². The van der Waals surface area contributed by atoms with Crippen molar-refractivity contribution in [3.05, 3.63) is 51.6 Å². The Morgan fingerprint density at radius 3 is 2.62 bits per heavy atom. The Balaban J connectivity index is 2.28. The van der Waals surface area contributed by atoms with E-state index in [0.717, 1.165) is 6.07 Å². The van der Waals surface area contributed by atoms with Crippen molar-refractivity contribution < 1.29 is 18.3 Å². The molecule has 1 aromatic heterocycles. The molecule has 2 rings (SSSR count). The number of rotatable bonds is 3. The van der Waals surface area contributed by atoms with Crippen LogP contribution < -0.4 is 10.9 Å². The highest BCUT2D eigenvalue weighted by molar-refractivity contribution is 5.50. The van der Waals surface area contributed by atoms with Crippen LogP contribution in [0, 0.1) is 6.92 Å². The van der Waals surface area contributed by atoms with Crippen molar-refractivity contribution in [2.45, 2.75) is 19.6 Å². The maximum atomic E-state index is 12.8. The largest absolute Gasteiger partial charge is 0.492 e. The lowest BCUT2D eigenvalue weighted by atomic mass is 10.1. The molecule has 0 aliphatic heterocycles. The first-order valence-corrected chi connectivity index (χ1v) is 5.98. The normalized spacial score (nSPS) is 11.4. The number of anilines is 1. The van der Waals surface area contributed by atoms with Crippen LogP contribution in [0.2, 0.25) is 0 Å². The summed E-state index contributed by atoms with van der Waals surface area (Å²) in [6.45, 7) is 1.21. The van der Waals surface area contributed by atoms with E-state index in [9.17, 15) is 23.1 Å². The molecule has 0 bridgehead atoms. The third kappa shape index (κ3) is 3.33. The molecule has 0 saturated heterocycles. The molecule has 3 N–H and O–H groups in total. The molecule has 0 fully saturated rings. The minimum atomic E-state index is -4.49. The zero-order valence-corrected chi connectivity index (χ0v) is 11.0. The Kier molecular flexibility index (Phi) is 3.88. The predicted octanol–water partition coefficient (Wildman–Crippen LogP) is 2.41. The SMILES string of the molecule is Cc1nc(O)c(NCc2ccccc2C(F)(F)F)c(=O)[nH]1. The van der Waals surface area contributed by atoms with Crippen LogP contribution in [0.4, 0.5) is 18.9 Å². The Bertz CT molecular complexity index is 711. The average Bonchev–Trinajstić information content (AvgIpc) is 2.36. The van der Waals surface area contributed by atoms with Crippen LogP contribution in [0.3, 0.4) is 0 Å². The highest BCUT2D eigenvalue weighted by Crippen LogP contribution is 2.32. The van der Waals surface area contributed by atoms with Gasteiger partial charge in [-0.15, -0.1) is 0 Å². The zero-order chi connectivity index (χ0) is 15.6. The Morgan fingerprint density at radius 2 is 2.00 bits per heavy atom. The van der Waals surface area contributed by atoms with Gasteiger partial charge in [-0.05, 0) is 18.6 Å². The van der Waals surface area contributed by atoms with Crippen LogP contribution in [0.15, 0.2) is 29.1 Å². The maximum absolute atomic E-state index is 12.8. The van der Waals surface area contributed by atoms with E-state index in [2.05, 4.69) is 15.3 Å². The fourth-order valence-corrected chi connectivity index (χ4v) is 1.87. The molecule has 0 amide bonds. The molecule has 8 heteroatoms. The smallest absolute Gasteiger partial charge is 0.416 e. The Labute approximate surface area is 117 Å². The molecule has 112 valence electrons. The molecule has 0 radical (unpaired) electrons. The summed E-state index contributed by atoms with van der Waals surface area (Å²) in [6, 6.07) is 4.99. The number of benzene rings is 1. The second kappa shape index (κ2) is 5.47. The van der Waals surface area contributed by atoms with Gasteiger partial charge < -0.3 is 15.4 Å². The lowest BCUT2D eigenvalue weighted by Crippen LogP contribution is -2.18. The van der Waals surface area contributed by atoms with Gasteiger partial charge in [-0.3, -0.25) is 4.79 Å². The number of aromatic nitrogens is 2. The summed E-state index contributed by atoms with van der Waals surface area (Å²) in [5.41, 5.74) is -1.75. The first-order valence-electron chi connectivity index (χ1n) is 5.98. The molecule has 1 aromatic carbocycles. The number of aryl methyl sites for hydroxylation is 1. The number of H-pyrrole nitrogens is 1. The molecule has 0 saturated carbocycles. The quantitative estimate of drug-likeness (QED) is 0.813. The van der Waals surface area contributed by atoms with Crippen molar-refractivity contribution in [2.24, 2.45) is 0 Å². The molecule has 0 aliphatic carbocycles. The lowest BCUT2D eigenvalue weighted by molar-refractivity contribution is -0.138. The Morgan fingerprint density at radius 1 is 1.33 bits per heavy atom. The van der Waals surface area contributed by atoms with E-state index in [1.807, 2.05) is 0 Å².